The van der Waals surface area contributed by atoms with Gasteiger partial charge >= 0.3 is 0 Å². The maximum atomic E-state index is 13.0. The monoisotopic (exact) mass is 375 g/mol. The van der Waals surface area contributed by atoms with Gasteiger partial charge in [0.1, 0.15) is 5.82 Å². The first kappa shape index (κ1) is 17.6. The fourth-order valence-electron chi connectivity index (χ4n) is 2.28. The maximum Gasteiger partial charge on any atom is 0.242 e. The highest BCUT2D eigenvalue weighted by Gasteiger charge is 2.35. The SMILES string of the molecule is C[C@H]1S/C(=N/N=C\c2ccc(Cl)cc2)N(Cc2ccc(F)cc2)C1=O. The van der Waals surface area contributed by atoms with E-state index in [1.54, 1.807) is 35.4 Å². The van der Waals surface area contributed by atoms with E-state index < -0.39 is 0 Å². The molecule has 0 unspecified atom stereocenters. The minimum absolute atomic E-state index is 0.0326. The van der Waals surface area contributed by atoms with E-state index in [1.807, 2.05) is 19.1 Å². The van der Waals surface area contributed by atoms with Crippen LogP contribution in [0.2, 0.25) is 5.02 Å². The van der Waals surface area contributed by atoms with Gasteiger partial charge in [-0.15, -0.1) is 5.10 Å². The number of rotatable bonds is 4. The Kier molecular flexibility index (Phi) is 5.50. The number of hydrogen-bond donors (Lipinski definition) is 0. The van der Waals surface area contributed by atoms with E-state index in [1.165, 1.54) is 23.9 Å². The lowest BCUT2D eigenvalue weighted by atomic mass is 10.2. The minimum atomic E-state index is -0.305. The van der Waals surface area contributed by atoms with Crippen LogP contribution < -0.4 is 0 Å². The summed E-state index contributed by atoms with van der Waals surface area (Å²) in [6, 6.07) is 13.3. The highest BCUT2D eigenvalue weighted by Crippen LogP contribution is 2.28. The van der Waals surface area contributed by atoms with E-state index in [0.29, 0.717) is 16.7 Å². The molecule has 128 valence electrons. The van der Waals surface area contributed by atoms with Crippen LogP contribution >= 0.6 is 23.4 Å². The number of amides is 1. The number of thioether (sulfide) groups is 1. The summed E-state index contributed by atoms with van der Waals surface area (Å²) in [5.74, 6) is -0.338. The molecule has 1 saturated heterocycles. The summed E-state index contributed by atoms with van der Waals surface area (Å²) in [5, 5.41) is 9.23. The Balaban J connectivity index is 1.76. The lowest BCUT2D eigenvalue weighted by molar-refractivity contribution is -0.126. The lowest BCUT2D eigenvalue weighted by Gasteiger charge is -2.15. The molecule has 0 spiro atoms. The topological polar surface area (TPSA) is 45.0 Å². The van der Waals surface area contributed by atoms with Gasteiger partial charge in [-0.3, -0.25) is 9.69 Å². The van der Waals surface area contributed by atoms with Gasteiger partial charge in [0.2, 0.25) is 5.91 Å². The molecule has 0 N–H and O–H groups in total. The molecule has 4 nitrogen and oxygen atoms in total. The molecule has 1 amide bonds. The van der Waals surface area contributed by atoms with Crippen molar-refractivity contribution in [3.05, 3.63) is 70.5 Å². The average molecular weight is 376 g/mol. The zero-order valence-corrected chi connectivity index (χ0v) is 15.0. The van der Waals surface area contributed by atoms with Crippen molar-refractivity contribution in [3.63, 3.8) is 0 Å². The summed E-state index contributed by atoms with van der Waals surface area (Å²) in [6.45, 7) is 2.17. The molecule has 1 heterocycles. The summed E-state index contributed by atoms with van der Waals surface area (Å²) in [4.78, 5) is 13.9. The second-order valence-electron chi connectivity index (χ2n) is 5.49. The molecule has 7 heteroatoms. The van der Waals surface area contributed by atoms with Gasteiger partial charge in [0, 0.05) is 5.02 Å². The quantitative estimate of drug-likeness (QED) is 0.589. The molecular formula is C18H15ClFN3OS. The molecule has 1 fully saturated rings. The second kappa shape index (κ2) is 7.80. The van der Waals surface area contributed by atoms with Crippen molar-refractivity contribution in [1.82, 2.24) is 4.90 Å². The zero-order chi connectivity index (χ0) is 17.8. The third kappa shape index (κ3) is 4.46. The van der Waals surface area contributed by atoms with Crippen molar-refractivity contribution in [3.8, 4) is 0 Å². The summed E-state index contributed by atoms with van der Waals surface area (Å²) in [7, 11) is 0. The standard InChI is InChI=1S/C18H15ClFN3OS/c1-12-17(24)23(11-14-4-8-16(20)9-5-14)18(25-12)22-21-10-13-2-6-15(19)7-3-13/h2-10,12H,11H2,1H3/b21-10-,22-18+/t12-/m1/s1. The Morgan fingerprint density at radius 1 is 1.20 bits per heavy atom. The van der Waals surface area contributed by atoms with Crippen LogP contribution in [0.3, 0.4) is 0 Å². The highest BCUT2D eigenvalue weighted by atomic mass is 35.5. The molecule has 0 saturated carbocycles. The normalized spacial score (nSPS) is 19.3. The third-order valence-electron chi connectivity index (χ3n) is 3.60. The number of carbonyl (C=O) groups is 1. The molecule has 2 aromatic rings. The first-order chi connectivity index (χ1) is 12.0. The van der Waals surface area contributed by atoms with Gasteiger partial charge in [-0.2, -0.15) is 5.10 Å². The zero-order valence-electron chi connectivity index (χ0n) is 13.4. The summed E-state index contributed by atoms with van der Waals surface area (Å²) in [6.07, 6.45) is 1.60. The molecule has 0 aromatic heterocycles. The number of benzene rings is 2. The van der Waals surface area contributed by atoms with E-state index >= 15 is 0 Å². The summed E-state index contributed by atoms with van der Waals surface area (Å²) >= 11 is 7.20. The highest BCUT2D eigenvalue weighted by molar-refractivity contribution is 8.15. The van der Waals surface area contributed by atoms with Gasteiger partial charge in [0.15, 0.2) is 5.17 Å². The van der Waals surface area contributed by atoms with Gasteiger partial charge in [-0.25, -0.2) is 4.39 Å². The molecule has 25 heavy (non-hydrogen) atoms. The predicted molar refractivity (Wildman–Crippen MR) is 100 cm³/mol. The molecular weight excluding hydrogens is 361 g/mol. The minimum Gasteiger partial charge on any atom is -0.284 e. The Bertz CT molecular complexity index is 821. The van der Waals surface area contributed by atoms with Crippen molar-refractivity contribution in [2.75, 3.05) is 0 Å². The van der Waals surface area contributed by atoms with Crippen molar-refractivity contribution < 1.29 is 9.18 Å². The van der Waals surface area contributed by atoms with Crippen molar-refractivity contribution >= 4 is 40.7 Å². The third-order valence-corrected chi connectivity index (χ3v) is 4.92. The Morgan fingerprint density at radius 3 is 2.56 bits per heavy atom. The number of halogens is 2. The first-order valence-electron chi connectivity index (χ1n) is 7.62. The lowest BCUT2D eigenvalue weighted by Crippen LogP contribution is -2.30. The van der Waals surface area contributed by atoms with Crippen LogP contribution in [0.1, 0.15) is 18.1 Å². The van der Waals surface area contributed by atoms with Crippen LogP contribution in [0.25, 0.3) is 0 Å². The number of amidine groups is 1. The van der Waals surface area contributed by atoms with Crippen molar-refractivity contribution in [1.29, 1.82) is 0 Å². The molecule has 1 atom stereocenters. The van der Waals surface area contributed by atoms with Crippen molar-refractivity contribution in [2.45, 2.75) is 18.7 Å². The van der Waals surface area contributed by atoms with Gasteiger partial charge in [0.05, 0.1) is 18.0 Å². The second-order valence-corrected chi connectivity index (χ2v) is 7.23. The predicted octanol–water partition coefficient (Wildman–Crippen LogP) is 4.33. The fourth-order valence-corrected chi connectivity index (χ4v) is 3.32. The summed E-state index contributed by atoms with van der Waals surface area (Å²) in [5.41, 5.74) is 1.69. The molecule has 3 rings (SSSR count). The Hall–Kier alpha value is -2.18. The molecule has 0 aliphatic carbocycles. The van der Waals surface area contributed by atoms with Crippen LogP contribution in [0, 0.1) is 5.82 Å². The molecule has 0 radical (unpaired) electrons. The van der Waals surface area contributed by atoms with Crippen molar-refractivity contribution in [2.24, 2.45) is 10.2 Å². The van der Waals surface area contributed by atoms with Gasteiger partial charge in [0.25, 0.3) is 0 Å². The van der Waals surface area contributed by atoms with Crippen LogP contribution in [0.5, 0.6) is 0 Å². The molecule has 2 aromatic carbocycles. The van der Waals surface area contributed by atoms with E-state index in [2.05, 4.69) is 10.2 Å². The van der Waals surface area contributed by atoms with E-state index in [4.69, 9.17) is 11.6 Å². The number of carbonyl (C=O) groups excluding carboxylic acids is 1. The molecule has 0 bridgehead atoms. The number of nitrogens with zero attached hydrogens (tertiary/aromatic N) is 3. The number of hydrogen-bond acceptors (Lipinski definition) is 4. The van der Waals surface area contributed by atoms with Gasteiger partial charge < -0.3 is 0 Å². The van der Waals surface area contributed by atoms with Gasteiger partial charge in [-0.1, -0.05) is 47.6 Å². The van der Waals surface area contributed by atoms with Gasteiger partial charge in [-0.05, 0) is 42.3 Å². The van der Waals surface area contributed by atoms with Crippen LogP contribution in [-0.4, -0.2) is 27.4 Å². The maximum absolute atomic E-state index is 13.0. The first-order valence-corrected chi connectivity index (χ1v) is 8.88. The van der Waals surface area contributed by atoms with E-state index in [9.17, 15) is 9.18 Å². The smallest absolute Gasteiger partial charge is 0.242 e. The van der Waals surface area contributed by atoms with Crippen LogP contribution in [0.15, 0.2) is 58.7 Å². The molecule has 1 aliphatic rings. The average Bonchev–Trinajstić information content (AvgIpc) is 2.86. The van der Waals surface area contributed by atoms with E-state index in [0.717, 1.165) is 11.1 Å². The van der Waals surface area contributed by atoms with Crippen LogP contribution in [-0.2, 0) is 11.3 Å². The Labute approximate surface area is 154 Å². The summed E-state index contributed by atoms with van der Waals surface area (Å²) < 4.78 is 13.0. The van der Waals surface area contributed by atoms with E-state index in [-0.39, 0.29) is 17.0 Å². The largest absolute Gasteiger partial charge is 0.284 e. The van der Waals surface area contributed by atoms with Crippen LogP contribution in [0.4, 0.5) is 4.39 Å². The Morgan fingerprint density at radius 2 is 1.88 bits per heavy atom. The molecule has 1 aliphatic heterocycles. The fraction of sp³-hybridized carbons (Fsp3) is 0.167.